The molecule has 0 atom stereocenters. The Kier molecular flexibility index (Phi) is 1.94. The summed E-state index contributed by atoms with van der Waals surface area (Å²) < 4.78 is 1.74. The maximum absolute atomic E-state index is 5.98. The lowest BCUT2D eigenvalue weighted by atomic mass is 10.3. The van der Waals surface area contributed by atoms with Crippen LogP contribution >= 0.6 is 11.6 Å². The van der Waals surface area contributed by atoms with E-state index in [2.05, 4.69) is 4.98 Å². The first-order chi connectivity index (χ1) is 6.29. The van der Waals surface area contributed by atoms with Gasteiger partial charge in [-0.3, -0.25) is 4.57 Å². The second kappa shape index (κ2) is 3.11. The van der Waals surface area contributed by atoms with Gasteiger partial charge in [0.25, 0.3) is 0 Å². The normalized spacial score (nSPS) is 10.2. The Morgan fingerprint density at radius 2 is 2.08 bits per heavy atom. The summed E-state index contributed by atoms with van der Waals surface area (Å²) in [6.07, 6.45) is 3.41. The van der Waals surface area contributed by atoms with Crippen molar-refractivity contribution < 1.29 is 0 Å². The largest absolute Gasteiger partial charge is 0.369 e. The molecule has 0 aliphatic rings. The smallest absolute Gasteiger partial charge is 0.204 e. The van der Waals surface area contributed by atoms with Crippen LogP contribution in [0.25, 0.3) is 5.69 Å². The molecule has 0 bridgehead atoms. The van der Waals surface area contributed by atoms with Crippen LogP contribution < -0.4 is 5.73 Å². The van der Waals surface area contributed by atoms with Gasteiger partial charge in [-0.1, -0.05) is 23.7 Å². The van der Waals surface area contributed by atoms with Gasteiger partial charge >= 0.3 is 0 Å². The van der Waals surface area contributed by atoms with E-state index in [4.69, 9.17) is 17.3 Å². The quantitative estimate of drug-likeness (QED) is 0.754. The lowest BCUT2D eigenvalue weighted by Crippen LogP contribution is -1.99. The van der Waals surface area contributed by atoms with Crippen molar-refractivity contribution >= 4 is 17.5 Å². The molecule has 0 amide bonds. The number of anilines is 1. The van der Waals surface area contributed by atoms with Crippen molar-refractivity contribution in [1.29, 1.82) is 0 Å². The second-order valence-electron chi connectivity index (χ2n) is 2.61. The number of nitrogens with two attached hydrogens (primary N) is 1. The summed E-state index contributed by atoms with van der Waals surface area (Å²) in [6.45, 7) is 0. The molecule has 0 unspecified atom stereocenters. The molecule has 1 aromatic carbocycles. The Hall–Kier alpha value is -1.48. The number of nitrogens with zero attached hydrogens (tertiary/aromatic N) is 2. The van der Waals surface area contributed by atoms with Crippen LogP contribution in [-0.4, -0.2) is 9.55 Å². The van der Waals surface area contributed by atoms with Crippen molar-refractivity contribution in [2.75, 3.05) is 5.73 Å². The van der Waals surface area contributed by atoms with E-state index in [0.717, 1.165) is 5.69 Å². The third-order valence-electron chi connectivity index (χ3n) is 1.78. The van der Waals surface area contributed by atoms with E-state index in [0.29, 0.717) is 11.0 Å². The number of aromatic nitrogens is 2. The van der Waals surface area contributed by atoms with Crippen molar-refractivity contribution in [2.45, 2.75) is 0 Å². The van der Waals surface area contributed by atoms with E-state index in [9.17, 15) is 0 Å². The SMILES string of the molecule is Nc1nccn1-c1ccccc1Cl. The summed E-state index contributed by atoms with van der Waals surface area (Å²) in [6, 6.07) is 7.48. The molecule has 0 spiro atoms. The summed E-state index contributed by atoms with van der Waals surface area (Å²) in [5.74, 6) is 0.438. The highest BCUT2D eigenvalue weighted by Gasteiger charge is 2.03. The summed E-state index contributed by atoms with van der Waals surface area (Å²) in [5.41, 5.74) is 6.48. The van der Waals surface area contributed by atoms with Crippen molar-refractivity contribution in [1.82, 2.24) is 9.55 Å². The van der Waals surface area contributed by atoms with E-state index in [-0.39, 0.29) is 0 Å². The molecule has 1 aromatic heterocycles. The van der Waals surface area contributed by atoms with Crippen LogP contribution in [0.3, 0.4) is 0 Å². The number of halogens is 1. The average molecular weight is 194 g/mol. The second-order valence-corrected chi connectivity index (χ2v) is 3.01. The molecule has 2 N–H and O–H groups in total. The van der Waals surface area contributed by atoms with Gasteiger partial charge in [-0.05, 0) is 12.1 Å². The molecule has 0 aliphatic heterocycles. The molecule has 66 valence electrons. The van der Waals surface area contributed by atoms with Crippen LogP contribution in [-0.2, 0) is 0 Å². The van der Waals surface area contributed by atoms with Crippen LogP contribution in [0.2, 0.25) is 5.02 Å². The fourth-order valence-electron chi connectivity index (χ4n) is 1.17. The van der Waals surface area contributed by atoms with E-state index >= 15 is 0 Å². The number of hydrogen-bond donors (Lipinski definition) is 1. The zero-order valence-corrected chi connectivity index (χ0v) is 7.57. The number of benzene rings is 1. The Balaban J connectivity index is 2.59. The highest BCUT2D eigenvalue weighted by atomic mass is 35.5. The number of hydrogen-bond acceptors (Lipinski definition) is 2. The molecule has 2 rings (SSSR count). The van der Waals surface area contributed by atoms with Gasteiger partial charge in [-0.25, -0.2) is 4.98 Å². The number of para-hydroxylation sites is 1. The summed E-state index contributed by atoms with van der Waals surface area (Å²) in [4.78, 5) is 3.92. The minimum absolute atomic E-state index is 0.438. The van der Waals surface area contributed by atoms with Gasteiger partial charge in [-0.2, -0.15) is 0 Å². The lowest BCUT2D eigenvalue weighted by molar-refractivity contribution is 1.07. The van der Waals surface area contributed by atoms with E-state index < -0.39 is 0 Å². The minimum Gasteiger partial charge on any atom is -0.369 e. The zero-order valence-electron chi connectivity index (χ0n) is 6.81. The van der Waals surface area contributed by atoms with E-state index in [1.807, 2.05) is 24.3 Å². The molecule has 3 nitrogen and oxygen atoms in total. The van der Waals surface area contributed by atoms with Gasteiger partial charge in [0.05, 0.1) is 10.7 Å². The van der Waals surface area contributed by atoms with Crippen LogP contribution in [0.5, 0.6) is 0 Å². The van der Waals surface area contributed by atoms with Crippen molar-refractivity contribution in [2.24, 2.45) is 0 Å². The maximum Gasteiger partial charge on any atom is 0.204 e. The predicted octanol–water partition coefficient (Wildman–Crippen LogP) is 2.11. The fourth-order valence-corrected chi connectivity index (χ4v) is 1.39. The monoisotopic (exact) mass is 193 g/mol. The number of nitrogen functional groups attached to an aromatic ring is 1. The highest BCUT2D eigenvalue weighted by Crippen LogP contribution is 2.21. The van der Waals surface area contributed by atoms with Gasteiger partial charge in [0.1, 0.15) is 0 Å². The summed E-state index contributed by atoms with van der Waals surface area (Å²) in [5, 5.41) is 0.659. The van der Waals surface area contributed by atoms with E-state index in [1.54, 1.807) is 17.0 Å². The maximum atomic E-state index is 5.98. The Labute approximate surface area is 80.8 Å². The van der Waals surface area contributed by atoms with Crippen LogP contribution in [0, 0.1) is 0 Å². The lowest BCUT2D eigenvalue weighted by Gasteiger charge is -2.05. The fraction of sp³-hybridized carbons (Fsp3) is 0. The van der Waals surface area contributed by atoms with Gasteiger partial charge in [0.2, 0.25) is 5.95 Å². The van der Waals surface area contributed by atoms with Gasteiger partial charge in [-0.15, -0.1) is 0 Å². The third-order valence-corrected chi connectivity index (χ3v) is 2.10. The van der Waals surface area contributed by atoms with Gasteiger partial charge in [0, 0.05) is 12.4 Å². The van der Waals surface area contributed by atoms with Crippen molar-refractivity contribution in [3.8, 4) is 5.69 Å². The first-order valence-corrected chi connectivity index (χ1v) is 4.20. The Morgan fingerprint density at radius 3 is 2.69 bits per heavy atom. The molecule has 0 radical (unpaired) electrons. The molecule has 0 saturated heterocycles. The average Bonchev–Trinajstić information content (AvgIpc) is 2.52. The molecule has 0 aliphatic carbocycles. The zero-order chi connectivity index (χ0) is 9.26. The van der Waals surface area contributed by atoms with Crippen LogP contribution in [0.4, 0.5) is 5.95 Å². The summed E-state index contributed by atoms with van der Waals surface area (Å²) >= 11 is 5.98. The van der Waals surface area contributed by atoms with Gasteiger partial charge < -0.3 is 5.73 Å². The Morgan fingerprint density at radius 1 is 1.31 bits per heavy atom. The molecule has 2 aromatic rings. The summed E-state index contributed by atoms with van der Waals surface area (Å²) in [7, 11) is 0. The minimum atomic E-state index is 0.438. The standard InChI is InChI=1S/C9H8ClN3/c10-7-3-1-2-4-8(7)13-6-5-12-9(13)11/h1-6H,(H2,11,12). The first kappa shape index (κ1) is 8.13. The first-order valence-electron chi connectivity index (χ1n) is 3.83. The molecule has 13 heavy (non-hydrogen) atoms. The highest BCUT2D eigenvalue weighted by molar-refractivity contribution is 6.32. The van der Waals surface area contributed by atoms with Crippen molar-refractivity contribution in [3.05, 3.63) is 41.7 Å². The van der Waals surface area contributed by atoms with E-state index in [1.165, 1.54) is 0 Å². The van der Waals surface area contributed by atoms with Crippen LogP contribution in [0.15, 0.2) is 36.7 Å². The third kappa shape index (κ3) is 1.38. The molecule has 0 fully saturated rings. The number of imidazole rings is 1. The van der Waals surface area contributed by atoms with Crippen molar-refractivity contribution in [3.63, 3.8) is 0 Å². The Bertz CT molecular complexity index is 422. The predicted molar refractivity (Wildman–Crippen MR) is 53.0 cm³/mol. The molecule has 1 heterocycles. The number of rotatable bonds is 1. The topological polar surface area (TPSA) is 43.8 Å². The van der Waals surface area contributed by atoms with Crippen LogP contribution in [0.1, 0.15) is 0 Å². The molecular weight excluding hydrogens is 186 g/mol. The van der Waals surface area contributed by atoms with Gasteiger partial charge in [0.15, 0.2) is 0 Å². The molecule has 0 saturated carbocycles. The molecule has 4 heteroatoms. The molecular formula is C9H8ClN3.